The van der Waals surface area contributed by atoms with E-state index in [0.717, 1.165) is 31.6 Å². The average molecular weight is 494 g/mol. The summed E-state index contributed by atoms with van der Waals surface area (Å²) in [5.41, 5.74) is 2.77. The van der Waals surface area contributed by atoms with E-state index in [9.17, 15) is 13.2 Å². The molecule has 1 aliphatic rings. The number of nitrogens with one attached hydrogen (secondary N) is 1. The van der Waals surface area contributed by atoms with Crippen molar-refractivity contribution in [3.05, 3.63) is 90.0 Å². The fourth-order valence-corrected chi connectivity index (χ4v) is 5.31. The van der Waals surface area contributed by atoms with Crippen molar-refractivity contribution in [3.8, 4) is 5.75 Å². The minimum atomic E-state index is -3.66. The Bertz CT molecular complexity index is 1230. The van der Waals surface area contributed by atoms with E-state index in [1.165, 1.54) is 16.9 Å². The van der Waals surface area contributed by atoms with Gasteiger partial charge in [0.05, 0.1) is 10.6 Å². The number of nitrogens with zero attached hydrogens (tertiary/aromatic N) is 2. The van der Waals surface area contributed by atoms with E-state index in [1.54, 1.807) is 48.5 Å². The van der Waals surface area contributed by atoms with Crippen LogP contribution in [-0.2, 0) is 21.4 Å². The lowest BCUT2D eigenvalue weighted by molar-refractivity contribution is -0.123. The molecule has 184 valence electrons. The summed E-state index contributed by atoms with van der Waals surface area (Å²) in [5, 5.41) is 3.04. The van der Waals surface area contributed by atoms with Crippen molar-refractivity contribution in [3.63, 3.8) is 0 Å². The molecule has 3 aromatic carbocycles. The highest BCUT2D eigenvalue weighted by Gasteiger charge is 2.24. The number of likely N-dealkylation sites (tertiary alicyclic amines) is 1. The molecule has 7 nitrogen and oxygen atoms in total. The lowest BCUT2D eigenvalue weighted by atomic mass is 10.2. The first kappa shape index (κ1) is 24.8. The topological polar surface area (TPSA) is 78.9 Å². The monoisotopic (exact) mass is 493 g/mol. The maximum absolute atomic E-state index is 12.9. The normalized spacial score (nSPS) is 16.1. The first-order valence-corrected chi connectivity index (χ1v) is 13.1. The van der Waals surface area contributed by atoms with Gasteiger partial charge >= 0.3 is 0 Å². The van der Waals surface area contributed by atoms with Gasteiger partial charge in [-0.05, 0) is 55.3 Å². The predicted molar refractivity (Wildman–Crippen MR) is 137 cm³/mol. The van der Waals surface area contributed by atoms with E-state index in [-0.39, 0.29) is 23.5 Å². The Labute approximate surface area is 207 Å². The third-order valence-corrected chi connectivity index (χ3v) is 7.94. The van der Waals surface area contributed by atoms with Crippen LogP contribution >= 0.6 is 0 Å². The number of hydrogen-bond donors (Lipinski definition) is 1. The molecule has 1 amide bonds. The molecule has 0 aliphatic carbocycles. The number of carbonyl (C=O) groups excluding carboxylic acids is 1. The van der Waals surface area contributed by atoms with E-state index < -0.39 is 10.0 Å². The Kier molecular flexibility index (Phi) is 7.73. The van der Waals surface area contributed by atoms with E-state index in [0.29, 0.717) is 11.4 Å². The molecule has 0 aromatic heterocycles. The van der Waals surface area contributed by atoms with Crippen molar-refractivity contribution in [2.75, 3.05) is 31.0 Å². The highest BCUT2D eigenvalue weighted by molar-refractivity contribution is 7.92. The minimum absolute atomic E-state index is 0.0912. The second-order valence-corrected chi connectivity index (χ2v) is 10.8. The number of hydrogen-bond acceptors (Lipinski definition) is 5. The van der Waals surface area contributed by atoms with Crippen molar-refractivity contribution in [1.29, 1.82) is 0 Å². The smallest absolute Gasteiger partial charge is 0.264 e. The van der Waals surface area contributed by atoms with Crippen LogP contribution in [0.15, 0.2) is 83.8 Å². The molecule has 1 fully saturated rings. The Morgan fingerprint density at radius 2 is 1.71 bits per heavy atom. The number of ether oxygens (including phenoxy) is 1. The Hall–Kier alpha value is -3.36. The van der Waals surface area contributed by atoms with Gasteiger partial charge in [0, 0.05) is 32.7 Å². The van der Waals surface area contributed by atoms with E-state index >= 15 is 0 Å². The van der Waals surface area contributed by atoms with Gasteiger partial charge in [-0.1, -0.05) is 48.0 Å². The fourth-order valence-electron chi connectivity index (χ4n) is 4.11. The van der Waals surface area contributed by atoms with Gasteiger partial charge in [0.15, 0.2) is 6.61 Å². The number of aryl methyl sites for hydroxylation is 1. The summed E-state index contributed by atoms with van der Waals surface area (Å²) < 4.78 is 32.6. The summed E-state index contributed by atoms with van der Waals surface area (Å²) in [6.07, 6.45) is 0.912. The van der Waals surface area contributed by atoms with Crippen LogP contribution in [-0.4, -0.2) is 52.0 Å². The molecule has 0 saturated carbocycles. The summed E-state index contributed by atoms with van der Waals surface area (Å²) in [6, 6.07) is 23.8. The average Bonchev–Trinajstić information content (AvgIpc) is 3.30. The first-order chi connectivity index (χ1) is 16.8. The van der Waals surface area contributed by atoms with Crippen LogP contribution in [0.2, 0.25) is 0 Å². The van der Waals surface area contributed by atoms with Crippen LogP contribution in [0.5, 0.6) is 5.75 Å². The molecule has 1 heterocycles. The molecule has 0 bridgehead atoms. The lowest BCUT2D eigenvalue weighted by Crippen LogP contribution is -2.39. The zero-order valence-electron chi connectivity index (χ0n) is 20.1. The summed E-state index contributed by atoms with van der Waals surface area (Å²) in [6.45, 7) is 4.46. The number of amides is 1. The van der Waals surface area contributed by atoms with Crippen molar-refractivity contribution in [1.82, 2.24) is 10.2 Å². The molecule has 1 atom stereocenters. The molecule has 1 aliphatic heterocycles. The first-order valence-electron chi connectivity index (χ1n) is 11.7. The molecule has 3 aromatic rings. The van der Waals surface area contributed by atoms with Gasteiger partial charge < -0.3 is 10.1 Å². The van der Waals surface area contributed by atoms with E-state index in [4.69, 9.17) is 4.74 Å². The standard InChI is InChI=1S/C27H31N3O4S/c1-21-8-14-26(15-9-21)35(32,33)29(2)24-10-12-25(13-11-24)34-20-27(31)28-23-16-17-30(19-23)18-22-6-4-3-5-7-22/h3-15,23H,16-20H2,1-2H3,(H,28,31)/t23-/m0/s1. The van der Waals surface area contributed by atoms with Gasteiger partial charge in [-0.25, -0.2) is 8.42 Å². The second-order valence-electron chi connectivity index (χ2n) is 8.84. The fraction of sp³-hybridized carbons (Fsp3) is 0.296. The van der Waals surface area contributed by atoms with Crippen LogP contribution < -0.4 is 14.4 Å². The minimum Gasteiger partial charge on any atom is -0.484 e. The number of benzene rings is 3. The SMILES string of the molecule is Cc1ccc(S(=O)(=O)N(C)c2ccc(OCC(=O)N[C@H]3CCN(Cc4ccccc4)C3)cc2)cc1. The van der Waals surface area contributed by atoms with Crippen LogP contribution in [0.25, 0.3) is 0 Å². The molecule has 0 unspecified atom stereocenters. The summed E-state index contributed by atoms with van der Waals surface area (Å²) >= 11 is 0. The third-order valence-electron chi connectivity index (χ3n) is 6.14. The molecule has 0 spiro atoms. The van der Waals surface area contributed by atoms with Crippen LogP contribution in [0.3, 0.4) is 0 Å². The number of carbonyl (C=O) groups is 1. The zero-order valence-corrected chi connectivity index (χ0v) is 20.9. The van der Waals surface area contributed by atoms with E-state index in [1.807, 2.05) is 25.1 Å². The molecule has 0 radical (unpaired) electrons. The van der Waals surface area contributed by atoms with Gasteiger partial charge in [-0.15, -0.1) is 0 Å². The predicted octanol–water partition coefficient (Wildman–Crippen LogP) is 3.59. The van der Waals surface area contributed by atoms with Gasteiger partial charge in [-0.2, -0.15) is 0 Å². The Balaban J connectivity index is 1.25. The quantitative estimate of drug-likeness (QED) is 0.493. The molecule has 8 heteroatoms. The highest BCUT2D eigenvalue weighted by Crippen LogP contribution is 2.24. The maximum Gasteiger partial charge on any atom is 0.264 e. The second kappa shape index (κ2) is 10.9. The largest absolute Gasteiger partial charge is 0.484 e. The van der Waals surface area contributed by atoms with Crippen LogP contribution in [0, 0.1) is 6.92 Å². The lowest BCUT2D eigenvalue weighted by Gasteiger charge is -2.20. The van der Waals surface area contributed by atoms with Crippen molar-refractivity contribution in [2.45, 2.75) is 30.8 Å². The maximum atomic E-state index is 12.9. The van der Waals surface area contributed by atoms with Crippen molar-refractivity contribution < 1.29 is 17.9 Å². The molecular weight excluding hydrogens is 462 g/mol. The third kappa shape index (κ3) is 6.41. The van der Waals surface area contributed by atoms with Crippen molar-refractivity contribution >= 4 is 21.6 Å². The van der Waals surface area contributed by atoms with E-state index in [2.05, 4.69) is 22.3 Å². The molecule has 4 rings (SSSR count). The van der Waals surface area contributed by atoms with Crippen LogP contribution in [0.4, 0.5) is 5.69 Å². The zero-order chi connectivity index (χ0) is 24.8. The molecule has 35 heavy (non-hydrogen) atoms. The van der Waals surface area contributed by atoms with Gasteiger partial charge in [0.2, 0.25) is 0 Å². The van der Waals surface area contributed by atoms with Crippen LogP contribution in [0.1, 0.15) is 17.5 Å². The Morgan fingerprint density at radius 3 is 2.40 bits per heavy atom. The molecule has 1 saturated heterocycles. The number of anilines is 1. The summed E-state index contributed by atoms with van der Waals surface area (Å²) in [4.78, 5) is 15.0. The van der Waals surface area contributed by atoms with Crippen molar-refractivity contribution in [2.24, 2.45) is 0 Å². The van der Waals surface area contributed by atoms with Gasteiger partial charge in [0.1, 0.15) is 5.75 Å². The summed E-state index contributed by atoms with van der Waals surface area (Å²) in [5.74, 6) is 0.335. The number of rotatable bonds is 9. The Morgan fingerprint density at radius 1 is 1.03 bits per heavy atom. The highest BCUT2D eigenvalue weighted by atomic mass is 32.2. The molecular formula is C27H31N3O4S. The van der Waals surface area contributed by atoms with Gasteiger partial charge in [-0.3, -0.25) is 14.0 Å². The summed E-state index contributed by atoms with van der Waals surface area (Å²) in [7, 11) is -2.15. The number of sulfonamides is 1. The molecule has 1 N–H and O–H groups in total. The van der Waals surface area contributed by atoms with Gasteiger partial charge in [0.25, 0.3) is 15.9 Å².